The maximum atomic E-state index is 2.68. The van der Waals surface area contributed by atoms with Gasteiger partial charge in [0.15, 0.2) is 0 Å². The van der Waals surface area contributed by atoms with Gasteiger partial charge in [0.25, 0.3) is 0 Å². The number of hydrogen-bond donors (Lipinski definition) is 0. The van der Waals surface area contributed by atoms with Gasteiger partial charge in [0.05, 0.1) is 0 Å². The van der Waals surface area contributed by atoms with E-state index in [1.807, 2.05) is 0 Å². The summed E-state index contributed by atoms with van der Waals surface area (Å²) in [5.74, 6) is 0. The maximum absolute atomic E-state index is 2.68. The van der Waals surface area contributed by atoms with Gasteiger partial charge in [-0.05, 0) is 0 Å². The van der Waals surface area contributed by atoms with E-state index in [-0.39, 0.29) is 11.1 Å². The number of nitrogens with zero attached hydrogens (tertiary/aromatic N) is 2. The van der Waals surface area contributed by atoms with Crippen molar-refractivity contribution in [3.8, 4) is 0 Å². The molecule has 2 aliphatic rings. The molecule has 0 amide bonds. The van der Waals surface area contributed by atoms with Crippen LogP contribution in [0.15, 0.2) is 97.1 Å². The molecule has 4 aromatic rings. The van der Waals surface area contributed by atoms with Crippen molar-refractivity contribution in [2.75, 3.05) is 0 Å². The van der Waals surface area contributed by atoms with E-state index in [1.54, 1.807) is 35.3 Å². The third-order valence-corrected chi connectivity index (χ3v) is 66.4. The van der Waals surface area contributed by atoms with E-state index in [0.717, 1.165) is 26.2 Å². The van der Waals surface area contributed by atoms with Crippen LogP contribution < -0.4 is 13.1 Å². The normalized spacial score (nSPS) is 17.3. The summed E-state index contributed by atoms with van der Waals surface area (Å²) in [5, 5.41) is 2.55. The number of fused-ring (bicyclic) bond motifs is 4. The zero-order chi connectivity index (χ0) is 28.8. The first-order valence-electron chi connectivity index (χ1n) is 14.7. The second-order valence-electron chi connectivity index (χ2n) is 13.2. The van der Waals surface area contributed by atoms with Gasteiger partial charge in [0.1, 0.15) is 0 Å². The van der Waals surface area contributed by atoms with E-state index >= 15 is 0 Å². The summed E-state index contributed by atoms with van der Waals surface area (Å²) >= 11 is -4.96. The standard InChI is InChI=1S/2C18H21N.2Bi.S/c2*1-18(2,3)19(14-16-10-6-4-7-11-16)15-17-12-8-5-9-13-17;;;/h2*4-10,12H,14-15H2,1-3H3;;;. The van der Waals surface area contributed by atoms with Crippen molar-refractivity contribution in [1.82, 2.24) is 9.80 Å². The van der Waals surface area contributed by atoms with Gasteiger partial charge in [-0.15, -0.1) is 0 Å². The Labute approximate surface area is 264 Å². The molecule has 0 fully saturated rings. The van der Waals surface area contributed by atoms with Gasteiger partial charge in [-0.25, -0.2) is 0 Å². The molecule has 4 aromatic carbocycles. The molecule has 0 bridgehead atoms. The van der Waals surface area contributed by atoms with Crippen molar-refractivity contribution in [3.05, 3.63) is 119 Å². The summed E-state index contributed by atoms with van der Waals surface area (Å²) in [6.45, 7) is 18.4. The van der Waals surface area contributed by atoms with Crippen LogP contribution in [-0.2, 0) is 26.2 Å². The van der Waals surface area contributed by atoms with Gasteiger partial charge >= 0.3 is 267 Å². The van der Waals surface area contributed by atoms with Crippen LogP contribution in [0.2, 0.25) is 0 Å². The number of rotatable bonds is 2. The monoisotopic (exact) mass is 952 g/mol. The number of hydrogen-bond acceptors (Lipinski definition) is 3. The van der Waals surface area contributed by atoms with E-state index in [4.69, 9.17) is 0 Å². The van der Waals surface area contributed by atoms with Crippen molar-refractivity contribution in [3.63, 3.8) is 0 Å². The second-order valence-corrected chi connectivity index (χ2v) is 50.5. The average Bonchev–Trinajstić information content (AvgIpc) is 2.92. The van der Waals surface area contributed by atoms with Crippen molar-refractivity contribution in [2.45, 2.75) is 78.8 Å². The third-order valence-electron chi connectivity index (χ3n) is 8.35. The Hall–Kier alpha value is -1.08. The van der Waals surface area contributed by atoms with Crippen molar-refractivity contribution in [1.29, 1.82) is 0 Å². The molecule has 0 unspecified atom stereocenters. The average molecular weight is 953 g/mol. The van der Waals surface area contributed by atoms with Crippen LogP contribution in [-0.4, -0.2) is 61.5 Å². The molecule has 0 aromatic heterocycles. The van der Waals surface area contributed by atoms with Gasteiger partial charge in [0.2, 0.25) is 0 Å². The first-order valence-corrected chi connectivity index (χ1v) is 30.9. The van der Waals surface area contributed by atoms with Crippen molar-refractivity contribution >= 4 is 58.9 Å². The summed E-state index contributed by atoms with van der Waals surface area (Å²) in [7, 11) is 0. The summed E-state index contributed by atoms with van der Waals surface area (Å²) < 4.78 is 6.82. The quantitative estimate of drug-likeness (QED) is 0.244. The molecule has 2 heterocycles. The zero-order valence-electron chi connectivity index (χ0n) is 25.3. The fourth-order valence-corrected chi connectivity index (χ4v) is 83.0. The first-order chi connectivity index (χ1) is 19.6. The molecule has 5 heteroatoms. The fourth-order valence-electron chi connectivity index (χ4n) is 5.77. The molecule has 2 nitrogen and oxygen atoms in total. The van der Waals surface area contributed by atoms with Crippen LogP contribution in [0.5, 0.6) is 0 Å². The van der Waals surface area contributed by atoms with E-state index in [9.17, 15) is 0 Å². The van der Waals surface area contributed by atoms with Crippen LogP contribution in [0, 0.1) is 0 Å². The van der Waals surface area contributed by atoms with E-state index < -0.39 is 40.6 Å². The van der Waals surface area contributed by atoms with E-state index in [0.29, 0.717) is 0 Å². The minimum absolute atomic E-state index is 0.115. The third kappa shape index (κ3) is 6.42. The zero-order valence-corrected chi connectivity index (χ0v) is 33.0. The molecule has 6 rings (SSSR count). The van der Waals surface area contributed by atoms with Crippen LogP contribution in [0.25, 0.3) is 0 Å². The molecule has 0 spiro atoms. The second kappa shape index (κ2) is 12.1. The molecule has 0 N–H and O–H groups in total. The molecule has 0 aliphatic carbocycles. The summed E-state index contributed by atoms with van der Waals surface area (Å²) in [4.78, 5) is 5.36. The predicted molar refractivity (Wildman–Crippen MR) is 181 cm³/mol. The molecular weight excluding hydrogens is 910 g/mol. The van der Waals surface area contributed by atoms with Gasteiger partial charge in [-0.2, -0.15) is 0 Å². The van der Waals surface area contributed by atoms with Crippen molar-refractivity contribution < 1.29 is 0 Å². The topological polar surface area (TPSA) is 6.48 Å². The molecule has 0 atom stereocenters. The predicted octanol–water partition coefficient (Wildman–Crippen LogP) is 5.56. The first kappa shape index (κ1) is 30.0. The summed E-state index contributed by atoms with van der Waals surface area (Å²) in [6.07, 6.45) is 0. The molecule has 0 radical (unpaired) electrons. The van der Waals surface area contributed by atoms with Gasteiger partial charge in [0, 0.05) is 0 Å². The minimum atomic E-state index is -2.48. The van der Waals surface area contributed by atoms with Gasteiger partial charge in [-0.1, -0.05) is 0 Å². The molecule has 0 saturated carbocycles. The summed E-state index contributed by atoms with van der Waals surface area (Å²) in [5.41, 5.74) is 6.50. The van der Waals surface area contributed by atoms with Gasteiger partial charge in [-0.3, -0.25) is 0 Å². The Bertz CT molecular complexity index is 1320. The Kier molecular flexibility index (Phi) is 8.86. The molecule has 41 heavy (non-hydrogen) atoms. The van der Waals surface area contributed by atoms with Crippen molar-refractivity contribution in [2.24, 2.45) is 0 Å². The Morgan fingerprint density at radius 2 is 0.683 bits per heavy atom. The Morgan fingerprint density at radius 3 is 0.927 bits per heavy atom. The molecule has 212 valence electrons. The van der Waals surface area contributed by atoms with Gasteiger partial charge < -0.3 is 0 Å². The van der Waals surface area contributed by atoms with Crippen LogP contribution in [0.4, 0.5) is 0 Å². The summed E-state index contributed by atoms with van der Waals surface area (Å²) in [6, 6.07) is 38.1. The van der Waals surface area contributed by atoms with Crippen LogP contribution >= 0.6 is 5.27 Å². The van der Waals surface area contributed by atoms with Crippen LogP contribution in [0.3, 0.4) is 0 Å². The molecule has 2 aliphatic heterocycles. The van der Waals surface area contributed by atoms with Crippen LogP contribution in [0.1, 0.15) is 63.8 Å². The molecule has 0 saturated heterocycles. The SMILES string of the molecule is CC(C)(C)N1Cc2cccc[c]2[Bi]([S][Bi]2[c]3ccccc3CN(C(C)(C)C)Cc3cccc[c]32)[c]2ccccc2C1. The fraction of sp³-hybridized carbons (Fsp3) is 0.333. The number of benzene rings is 4. The van der Waals surface area contributed by atoms with E-state index in [2.05, 4.69) is 154 Å². The van der Waals surface area contributed by atoms with E-state index in [1.165, 1.54) is 0 Å². The Balaban J connectivity index is 1.52. The molecular formula is C36H42Bi2N2S. The Morgan fingerprint density at radius 1 is 0.439 bits per heavy atom.